The van der Waals surface area contributed by atoms with Crippen LogP contribution in [0.2, 0.25) is 0 Å². The zero-order valence-corrected chi connectivity index (χ0v) is 11.0. The van der Waals surface area contributed by atoms with Crippen molar-refractivity contribution in [1.82, 2.24) is 10.3 Å². The summed E-state index contributed by atoms with van der Waals surface area (Å²) in [6.07, 6.45) is 4.13. The molecule has 0 aliphatic heterocycles. The Morgan fingerprint density at radius 3 is 2.74 bits per heavy atom. The lowest BCUT2D eigenvalue weighted by molar-refractivity contribution is 0.541. The Balaban J connectivity index is 2.07. The van der Waals surface area contributed by atoms with Crippen molar-refractivity contribution in [3.05, 3.63) is 65.5 Å². The summed E-state index contributed by atoms with van der Waals surface area (Å²) in [4.78, 5) is 4.14. The van der Waals surface area contributed by atoms with Gasteiger partial charge in [-0.2, -0.15) is 5.26 Å². The smallest absolute Gasteiger partial charge is 0.0641 e. The van der Waals surface area contributed by atoms with Crippen molar-refractivity contribution in [2.24, 2.45) is 0 Å². The van der Waals surface area contributed by atoms with E-state index in [2.05, 4.69) is 23.3 Å². The Morgan fingerprint density at radius 2 is 2.05 bits per heavy atom. The summed E-state index contributed by atoms with van der Waals surface area (Å²) in [5.41, 5.74) is 3.53. The van der Waals surface area contributed by atoms with Gasteiger partial charge in [0.05, 0.1) is 12.5 Å². The first-order chi connectivity index (χ1) is 9.31. The molecule has 0 bridgehead atoms. The van der Waals surface area contributed by atoms with Crippen molar-refractivity contribution in [3.63, 3.8) is 0 Å². The molecule has 2 aromatic rings. The van der Waals surface area contributed by atoms with Gasteiger partial charge in [-0.1, -0.05) is 30.3 Å². The second-order valence-corrected chi connectivity index (χ2v) is 4.51. The summed E-state index contributed by atoms with van der Waals surface area (Å²) in [5, 5.41) is 12.4. The Labute approximate surface area is 113 Å². The topological polar surface area (TPSA) is 48.7 Å². The summed E-state index contributed by atoms with van der Waals surface area (Å²) >= 11 is 0. The minimum absolute atomic E-state index is 0.0609. The molecule has 0 amide bonds. The third-order valence-electron chi connectivity index (χ3n) is 3.18. The quantitative estimate of drug-likeness (QED) is 0.888. The molecular weight excluding hydrogens is 234 g/mol. The van der Waals surface area contributed by atoms with Crippen LogP contribution in [0.25, 0.3) is 0 Å². The van der Waals surface area contributed by atoms with Gasteiger partial charge in [-0.15, -0.1) is 0 Å². The highest BCUT2D eigenvalue weighted by Crippen LogP contribution is 2.17. The summed E-state index contributed by atoms with van der Waals surface area (Å²) < 4.78 is 0. The van der Waals surface area contributed by atoms with Crippen molar-refractivity contribution in [1.29, 1.82) is 5.26 Å². The van der Waals surface area contributed by atoms with E-state index in [1.54, 1.807) is 6.20 Å². The van der Waals surface area contributed by atoms with E-state index in [0.717, 1.165) is 12.1 Å². The molecule has 3 heteroatoms. The SMILES string of the molecule is Cc1ccncc1CNC(CC#N)c1ccccc1. The van der Waals surface area contributed by atoms with Crippen LogP contribution in [0, 0.1) is 18.3 Å². The van der Waals surface area contributed by atoms with Crippen LogP contribution in [-0.4, -0.2) is 4.98 Å². The molecule has 19 heavy (non-hydrogen) atoms. The molecule has 3 nitrogen and oxygen atoms in total. The van der Waals surface area contributed by atoms with Gasteiger partial charge in [-0.05, 0) is 29.7 Å². The molecule has 0 saturated carbocycles. The van der Waals surface area contributed by atoms with E-state index in [9.17, 15) is 0 Å². The standard InChI is InChI=1S/C16H17N3/c1-13-8-10-18-11-15(13)12-19-16(7-9-17)14-5-3-2-4-6-14/h2-6,8,10-11,16,19H,7,12H2,1H3. The first-order valence-electron chi connectivity index (χ1n) is 6.36. The van der Waals surface area contributed by atoms with Gasteiger partial charge in [0.15, 0.2) is 0 Å². The van der Waals surface area contributed by atoms with E-state index in [1.165, 1.54) is 11.1 Å². The molecule has 0 spiro atoms. The lowest BCUT2D eigenvalue weighted by Gasteiger charge is -2.17. The van der Waals surface area contributed by atoms with Crippen LogP contribution >= 0.6 is 0 Å². The zero-order valence-electron chi connectivity index (χ0n) is 11.0. The maximum atomic E-state index is 8.95. The number of nitrogens with zero attached hydrogens (tertiary/aromatic N) is 2. The van der Waals surface area contributed by atoms with E-state index >= 15 is 0 Å². The number of hydrogen-bond donors (Lipinski definition) is 1. The molecule has 1 unspecified atom stereocenters. The molecule has 1 heterocycles. The van der Waals surface area contributed by atoms with E-state index in [0.29, 0.717) is 6.42 Å². The zero-order chi connectivity index (χ0) is 13.5. The normalized spacial score (nSPS) is 11.8. The van der Waals surface area contributed by atoms with E-state index in [1.807, 2.05) is 42.6 Å². The van der Waals surface area contributed by atoms with Gasteiger partial charge >= 0.3 is 0 Å². The predicted octanol–water partition coefficient (Wildman–Crippen LogP) is 3.13. The lowest BCUT2D eigenvalue weighted by Crippen LogP contribution is -2.21. The van der Waals surface area contributed by atoms with Crippen molar-refractivity contribution in [3.8, 4) is 6.07 Å². The number of rotatable bonds is 5. The summed E-state index contributed by atoms with van der Waals surface area (Å²) in [6.45, 7) is 2.79. The molecular formula is C16H17N3. The van der Waals surface area contributed by atoms with Crippen LogP contribution in [0.4, 0.5) is 0 Å². The third kappa shape index (κ3) is 3.64. The van der Waals surface area contributed by atoms with Crippen LogP contribution in [0.3, 0.4) is 0 Å². The van der Waals surface area contributed by atoms with Gasteiger partial charge in [-0.25, -0.2) is 0 Å². The second kappa shape index (κ2) is 6.67. The third-order valence-corrected chi connectivity index (χ3v) is 3.18. The maximum Gasteiger partial charge on any atom is 0.0641 e. The highest BCUT2D eigenvalue weighted by Gasteiger charge is 2.10. The van der Waals surface area contributed by atoms with Gasteiger partial charge < -0.3 is 5.32 Å². The second-order valence-electron chi connectivity index (χ2n) is 4.51. The molecule has 0 fully saturated rings. The molecule has 1 aromatic carbocycles. The number of nitrogens with one attached hydrogen (secondary N) is 1. The number of aromatic nitrogens is 1. The largest absolute Gasteiger partial charge is 0.305 e. The minimum atomic E-state index is 0.0609. The number of nitriles is 1. The van der Waals surface area contributed by atoms with Crippen LogP contribution in [0.1, 0.15) is 29.2 Å². The van der Waals surface area contributed by atoms with E-state index in [4.69, 9.17) is 5.26 Å². The van der Waals surface area contributed by atoms with Crippen molar-refractivity contribution < 1.29 is 0 Å². The Morgan fingerprint density at radius 1 is 1.26 bits per heavy atom. The molecule has 1 atom stereocenters. The Hall–Kier alpha value is -2.18. The average Bonchev–Trinajstić information content (AvgIpc) is 2.46. The van der Waals surface area contributed by atoms with Gasteiger partial charge in [-0.3, -0.25) is 4.98 Å². The van der Waals surface area contributed by atoms with Crippen LogP contribution < -0.4 is 5.32 Å². The maximum absolute atomic E-state index is 8.95. The molecule has 96 valence electrons. The molecule has 0 saturated heterocycles. The number of benzene rings is 1. The van der Waals surface area contributed by atoms with Gasteiger partial charge in [0.25, 0.3) is 0 Å². The monoisotopic (exact) mass is 251 g/mol. The number of pyridine rings is 1. The fourth-order valence-electron chi connectivity index (χ4n) is 2.00. The molecule has 0 radical (unpaired) electrons. The van der Waals surface area contributed by atoms with E-state index < -0.39 is 0 Å². The minimum Gasteiger partial charge on any atom is -0.305 e. The van der Waals surface area contributed by atoms with Crippen LogP contribution in [0.5, 0.6) is 0 Å². The highest BCUT2D eigenvalue weighted by molar-refractivity contribution is 5.23. The highest BCUT2D eigenvalue weighted by atomic mass is 14.9. The average molecular weight is 251 g/mol. The molecule has 1 aromatic heterocycles. The van der Waals surface area contributed by atoms with Gasteiger partial charge in [0, 0.05) is 25.0 Å². The molecule has 1 N–H and O–H groups in total. The predicted molar refractivity (Wildman–Crippen MR) is 75.2 cm³/mol. The Bertz CT molecular complexity index is 558. The van der Waals surface area contributed by atoms with Crippen LogP contribution in [-0.2, 0) is 6.54 Å². The van der Waals surface area contributed by atoms with Crippen molar-refractivity contribution in [2.75, 3.05) is 0 Å². The van der Waals surface area contributed by atoms with Gasteiger partial charge in [0.2, 0.25) is 0 Å². The van der Waals surface area contributed by atoms with Crippen molar-refractivity contribution >= 4 is 0 Å². The summed E-state index contributed by atoms with van der Waals surface area (Å²) in [7, 11) is 0. The number of aryl methyl sites for hydroxylation is 1. The van der Waals surface area contributed by atoms with Crippen molar-refractivity contribution in [2.45, 2.75) is 25.9 Å². The first kappa shape index (κ1) is 13.3. The molecule has 2 rings (SSSR count). The number of hydrogen-bond acceptors (Lipinski definition) is 3. The molecule has 0 aliphatic carbocycles. The lowest BCUT2D eigenvalue weighted by atomic mass is 10.0. The van der Waals surface area contributed by atoms with Gasteiger partial charge in [0.1, 0.15) is 0 Å². The fourth-order valence-corrected chi connectivity index (χ4v) is 2.00. The fraction of sp³-hybridized carbons (Fsp3) is 0.250. The first-order valence-corrected chi connectivity index (χ1v) is 6.36. The van der Waals surface area contributed by atoms with Crippen LogP contribution in [0.15, 0.2) is 48.8 Å². The van der Waals surface area contributed by atoms with E-state index in [-0.39, 0.29) is 6.04 Å². The summed E-state index contributed by atoms with van der Waals surface area (Å²) in [6, 6.07) is 14.4. The Kier molecular flexibility index (Phi) is 4.66. The summed E-state index contributed by atoms with van der Waals surface area (Å²) in [5.74, 6) is 0. The molecule has 0 aliphatic rings.